The van der Waals surface area contributed by atoms with E-state index >= 15 is 0 Å². The van der Waals surface area contributed by atoms with Gasteiger partial charge >= 0.3 is 12.1 Å². The minimum absolute atomic E-state index is 0.139. The zero-order valence-corrected chi connectivity index (χ0v) is 8.89. The number of hydrogen-bond acceptors (Lipinski definition) is 3. The van der Waals surface area contributed by atoms with Gasteiger partial charge in [-0.15, -0.1) is 5.11 Å². The summed E-state index contributed by atoms with van der Waals surface area (Å²) in [6.07, 6.45) is 0. The molecule has 0 spiro atoms. The van der Waals surface area contributed by atoms with Crippen LogP contribution in [-0.4, -0.2) is 49.0 Å². The van der Waals surface area contributed by atoms with Gasteiger partial charge in [0.15, 0.2) is 0 Å². The van der Waals surface area contributed by atoms with Crippen molar-refractivity contribution in [3.05, 3.63) is 0 Å². The Balaban J connectivity index is 2.17. The molecule has 0 saturated carbocycles. The van der Waals surface area contributed by atoms with E-state index in [0.29, 0.717) is 19.6 Å². The second-order valence-corrected chi connectivity index (χ2v) is 3.17. The van der Waals surface area contributed by atoms with E-state index in [1.54, 1.807) is 4.90 Å². The van der Waals surface area contributed by atoms with Gasteiger partial charge < -0.3 is 15.5 Å². The third kappa shape index (κ3) is 4.03. The minimum atomic E-state index is -0.685. The molecule has 0 unspecified atom stereocenters. The molecule has 1 aliphatic rings. The lowest BCUT2D eigenvalue weighted by Gasteiger charge is -2.13. The molecule has 1 saturated heterocycles. The average molecular weight is 227 g/mol. The summed E-state index contributed by atoms with van der Waals surface area (Å²) in [5.74, 6) is -0.533. The molecule has 2 N–H and O–H groups in total. The van der Waals surface area contributed by atoms with Gasteiger partial charge in [-0.3, -0.25) is 4.79 Å². The Hall–Kier alpha value is -1.99. The Labute approximate surface area is 92.1 Å². The fraction of sp³-hybridized carbons (Fsp3) is 0.625. The lowest BCUT2D eigenvalue weighted by molar-refractivity contribution is -0.116. The second kappa shape index (κ2) is 5.79. The van der Waals surface area contributed by atoms with Crippen molar-refractivity contribution in [3.63, 3.8) is 0 Å². The van der Waals surface area contributed by atoms with Crippen molar-refractivity contribution in [1.29, 1.82) is 0 Å². The Morgan fingerprint density at radius 2 is 2.25 bits per heavy atom. The van der Waals surface area contributed by atoms with Crippen LogP contribution in [0.25, 0.3) is 0 Å². The van der Waals surface area contributed by atoms with Crippen molar-refractivity contribution in [2.24, 2.45) is 10.2 Å². The van der Waals surface area contributed by atoms with Crippen molar-refractivity contribution in [2.75, 3.05) is 26.2 Å². The molecule has 1 rings (SSSR count). The summed E-state index contributed by atoms with van der Waals surface area (Å²) in [5, 5.41) is 11.2. The number of nitrogens with one attached hydrogen (secondary N) is 2. The lowest BCUT2D eigenvalue weighted by atomic mass is 10.5. The molecule has 0 bridgehead atoms. The zero-order valence-electron chi connectivity index (χ0n) is 8.89. The maximum absolute atomic E-state index is 11.1. The monoisotopic (exact) mass is 227 g/mol. The minimum Gasteiger partial charge on any atom is -0.336 e. The second-order valence-electron chi connectivity index (χ2n) is 3.17. The predicted octanol–water partition coefficient (Wildman–Crippen LogP) is -0.280. The Morgan fingerprint density at radius 1 is 1.50 bits per heavy atom. The number of hydrogen-bond donors (Lipinski definition) is 2. The van der Waals surface area contributed by atoms with Crippen LogP contribution in [0.4, 0.5) is 9.59 Å². The van der Waals surface area contributed by atoms with Crippen LogP contribution in [0.3, 0.4) is 0 Å². The summed E-state index contributed by atoms with van der Waals surface area (Å²) in [7, 11) is 0. The molecule has 88 valence electrons. The van der Waals surface area contributed by atoms with Gasteiger partial charge in [-0.25, -0.2) is 9.59 Å². The highest BCUT2D eigenvalue weighted by atomic mass is 16.2. The molecule has 8 nitrogen and oxygen atoms in total. The average Bonchev–Trinajstić information content (AvgIpc) is 2.61. The molecule has 1 aliphatic heterocycles. The Bertz CT molecular complexity index is 328. The number of rotatable bonds is 3. The summed E-state index contributed by atoms with van der Waals surface area (Å²) < 4.78 is 0. The molecule has 0 aliphatic carbocycles. The third-order valence-electron chi connectivity index (χ3n) is 1.88. The van der Waals surface area contributed by atoms with Crippen LogP contribution in [-0.2, 0) is 4.79 Å². The maximum atomic E-state index is 11.1. The fourth-order valence-electron chi connectivity index (χ4n) is 1.17. The molecule has 5 amide bonds. The quantitative estimate of drug-likeness (QED) is 0.648. The first-order valence-corrected chi connectivity index (χ1v) is 4.82. The smallest absolute Gasteiger partial charge is 0.336 e. The van der Waals surface area contributed by atoms with E-state index in [1.165, 1.54) is 6.92 Å². The van der Waals surface area contributed by atoms with Gasteiger partial charge in [-0.05, 0) is 0 Å². The summed E-state index contributed by atoms with van der Waals surface area (Å²) in [5.41, 5.74) is 0. The first-order chi connectivity index (χ1) is 7.59. The largest absolute Gasteiger partial charge is 0.359 e. The summed E-state index contributed by atoms with van der Waals surface area (Å²) in [6, 6.07) is -0.825. The standard InChI is InChI=1S/C8H13N5O3/c1-6(14)11-12-7(15)9-2-4-13-5-3-10-8(13)16/h2-5H2,1H3,(H,9,15)(H,10,16)/b12-11+. The lowest BCUT2D eigenvalue weighted by Crippen LogP contribution is -2.35. The van der Waals surface area contributed by atoms with Gasteiger partial charge in [0, 0.05) is 33.1 Å². The Morgan fingerprint density at radius 3 is 2.81 bits per heavy atom. The number of nitrogens with zero attached hydrogens (tertiary/aromatic N) is 3. The highest BCUT2D eigenvalue weighted by molar-refractivity contribution is 5.79. The van der Waals surface area contributed by atoms with Crippen LogP contribution in [0, 0.1) is 0 Å². The van der Waals surface area contributed by atoms with Gasteiger partial charge in [0.1, 0.15) is 0 Å². The number of urea groups is 2. The van der Waals surface area contributed by atoms with Gasteiger partial charge in [0.2, 0.25) is 0 Å². The molecule has 0 aromatic rings. The van der Waals surface area contributed by atoms with Gasteiger partial charge in [-0.2, -0.15) is 0 Å². The number of carbonyl (C=O) groups excluding carboxylic acids is 3. The molecule has 0 aromatic heterocycles. The van der Waals surface area contributed by atoms with E-state index in [1.807, 2.05) is 0 Å². The third-order valence-corrected chi connectivity index (χ3v) is 1.88. The van der Waals surface area contributed by atoms with Crippen LogP contribution in [0.5, 0.6) is 0 Å². The summed E-state index contributed by atoms with van der Waals surface area (Å²) in [4.78, 5) is 34.0. The summed E-state index contributed by atoms with van der Waals surface area (Å²) in [6.45, 7) is 3.14. The van der Waals surface area contributed by atoms with E-state index in [-0.39, 0.29) is 12.6 Å². The molecular weight excluding hydrogens is 214 g/mol. The van der Waals surface area contributed by atoms with Crippen molar-refractivity contribution in [2.45, 2.75) is 6.92 Å². The molecule has 1 fully saturated rings. The van der Waals surface area contributed by atoms with E-state index in [4.69, 9.17) is 0 Å². The molecule has 16 heavy (non-hydrogen) atoms. The SMILES string of the molecule is CC(=O)/N=N/C(=O)NCCN1CCNC1=O. The van der Waals surface area contributed by atoms with E-state index < -0.39 is 11.9 Å². The Kier molecular flexibility index (Phi) is 4.37. The van der Waals surface area contributed by atoms with E-state index in [0.717, 1.165) is 0 Å². The topological polar surface area (TPSA) is 103 Å². The molecule has 1 heterocycles. The van der Waals surface area contributed by atoms with Crippen LogP contribution in [0.15, 0.2) is 10.2 Å². The first kappa shape index (κ1) is 12.1. The van der Waals surface area contributed by atoms with E-state index in [9.17, 15) is 14.4 Å². The normalized spacial score (nSPS) is 15.3. The highest BCUT2D eigenvalue weighted by Gasteiger charge is 2.18. The van der Waals surface area contributed by atoms with Crippen molar-refractivity contribution in [3.8, 4) is 0 Å². The molecule has 0 radical (unpaired) electrons. The molecule has 8 heteroatoms. The van der Waals surface area contributed by atoms with Crippen LogP contribution < -0.4 is 10.6 Å². The number of carbonyl (C=O) groups is 3. The van der Waals surface area contributed by atoms with Crippen molar-refractivity contribution >= 4 is 18.0 Å². The van der Waals surface area contributed by atoms with E-state index in [2.05, 4.69) is 20.9 Å². The molecule has 0 aromatic carbocycles. The van der Waals surface area contributed by atoms with Gasteiger partial charge in [-0.1, -0.05) is 5.11 Å². The molecular formula is C8H13N5O3. The number of amides is 5. The zero-order chi connectivity index (χ0) is 12.0. The summed E-state index contributed by atoms with van der Waals surface area (Å²) >= 11 is 0. The van der Waals surface area contributed by atoms with Crippen LogP contribution in [0.2, 0.25) is 0 Å². The predicted molar refractivity (Wildman–Crippen MR) is 53.9 cm³/mol. The van der Waals surface area contributed by atoms with Crippen LogP contribution >= 0.6 is 0 Å². The number of azo groups is 1. The van der Waals surface area contributed by atoms with Crippen LogP contribution in [0.1, 0.15) is 6.92 Å². The fourth-order valence-corrected chi connectivity index (χ4v) is 1.17. The van der Waals surface area contributed by atoms with Crippen molar-refractivity contribution < 1.29 is 14.4 Å². The highest BCUT2D eigenvalue weighted by Crippen LogP contribution is 1.94. The molecule has 0 atom stereocenters. The van der Waals surface area contributed by atoms with Gasteiger partial charge in [0.05, 0.1) is 0 Å². The van der Waals surface area contributed by atoms with Crippen molar-refractivity contribution in [1.82, 2.24) is 15.5 Å². The maximum Gasteiger partial charge on any atom is 0.359 e. The first-order valence-electron chi connectivity index (χ1n) is 4.82. The van der Waals surface area contributed by atoms with Gasteiger partial charge in [0.25, 0.3) is 5.91 Å².